The van der Waals surface area contributed by atoms with E-state index in [2.05, 4.69) is 27.7 Å². The normalized spacial score (nSPS) is 38.2. The molecule has 1 aliphatic carbocycles. The van der Waals surface area contributed by atoms with Crippen molar-refractivity contribution in [3.63, 3.8) is 0 Å². The summed E-state index contributed by atoms with van der Waals surface area (Å²) < 4.78 is 0. The molecule has 1 aliphatic rings. The van der Waals surface area contributed by atoms with Crippen molar-refractivity contribution in [2.45, 2.75) is 59.0 Å². The van der Waals surface area contributed by atoms with E-state index in [4.69, 9.17) is 0 Å². The van der Waals surface area contributed by atoms with Gasteiger partial charge in [0.15, 0.2) is 0 Å². The Kier molecular flexibility index (Phi) is 2.53. The molecule has 0 aromatic carbocycles. The molecule has 1 rings (SSSR count). The molecule has 0 spiro atoms. The summed E-state index contributed by atoms with van der Waals surface area (Å²) in [6, 6.07) is 0. The Morgan fingerprint density at radius 1 is 1.17 bits per heavy atom. The summed E-state index contributed by atoms with van der Waals surface area (Å²) in [5.41, 5.74) is -0.355. The van der Waals surface area contributed by atoms with E-state index < -0.39 is 5.60 Å². The van der Waals surface area contributed by atoms with Crippen LogP contribution in [0.3, 0.4) is 0 Å². The Hall–Kier alpha value is -0.0400. The van der Waals surface area contributed by atoms with Gasteiger partial charge in [-0.2, -0.15) is 0 Å². The summed E-state index contributed by atoms with van der Waals surface area (Å²) in [5.74, 6) is 0.813. The fraction of sp³-hybridized carbons (Fsp3) is 1.00. The summed E-state index contributed by atoms with van der Waals surface area (Å²) in [7, 11) is 0. The zero-order chi connectivity index (χ0) is 9.41. The first-order valence-electron chi connectivity index (χ1n) is 5.07. The predicted molar refractivity (Wildman–Crippen MR) is 52.0 cm³/mol. The Morgan fingerprint density at radius 3 is 1.92 bits per heavy atom. The smallest absolute Gasteiger partial charge is 0.0696 e. The Morgan fingerprint density at radius 2 is 1.58 bits per heavy atom. The van der Waals surface area contributed by atoms with Crippen LogP contribution in [0.25, 0.3) is 0 Å². The second kappa shape index (κ2) is 3.02. The van der Waals surface area contributed by atoms with Gasteiger partial charge in [-0.25, -0.2) is 0 Å². The molecule has 0 unspecified atom stereocenters. The standard InChI is InChI=1S/C11H22O/c1-9-5-7-11(12,8-6-9)10(2,3)4/h9,12H,5-8H2,1-4H3. The first-order chi connectivity index (χ1) is 5.35. The number of aliphatic hydroxyl groups is 1. The van der Waals surface area contributed by atoms with Crippen molar-refractivity contribution in [1.29, 1.82) is 0 Å². The van der Waals surface area contributed by atoms with Crippen LogP contribution in [-0.2, 0) is 0 Å². The molecule has 0 amide bonds. The molecule has 12 heavy (non-hydrogen) atoms. The van der Waals surface area contributed by atoms with Gasteiger partial charge in [-0.15, -0.1) is 0 Å². The Balaban J connectivity index is 2.62. The SMILES string of the molecule is CC1CCC(O)(C(C)(C)C)CC1. The summed E-state index contributed by atoms with van der Waals surface area (Å²) >= 11 is 0. The minimum atomic E-state index is -0.403. The van der Waals surface area contributed by atoms with Gasteiger partial charge in [0.25, 0.3) is 0 Å². The van der Waals surface area contributed by atoms with Crippen LogP contribution in [0, 0.1) is 11.3 Å². The van der Waals surface area contributed by atoms with Crippen LogP contribution in [0.2, 0.25) is 0 Å². The summed E-state index contributed by atoms with van der Waals surface area (Å²) in [6.45, 7) is 8.71. The highest BCUT2D eigenvalue weighted by atomic mass is 16.3. The highest BCUT2D eigenvalue weighted by Gasteiger charge is 2.41. The van der Waals surface area contributed by atoms with Gasteiger partial charge in [-0.3, -0.25) is 0 Å². The van der Waals surface area contributed by atoms with Crippen molar-refractivity contribution in [1.82, 2.24) is 0 Å². The molecule has 1 saturated carbocycles. The molecule has 1 fully saturated rings. The summed E-state index contributed by atoms with van der Waals surface area (Å²) in [5, 5.41) is 10.3. The molecule has 0 radical (unpaired) electrons. The van der Waals surface area contributed by atoms with Crippen LogP contribution in [0.4, 0.5) is 0 Å². The zero-order valence-corrected chi connectivity index (χ0v) is 8.85. The average Bonchev–Trinajstić information content (AvgIpc) is 1.93. The van der Waals surface area contributed by atoms with Crippen molar-refractivity contribution in [3.05, 3.63) is 0 Å². The second-order valence-corrected chi connectivity index (χ2v) is 5.46. The summed E-state index contributed by atoms with van der Waals surface area (Å²) in [6.07, 6.45) is 4.34. The van der Waals surface area contributed by atoms with Crippen molar-refractivity contribution in [2.75, 3.05) is 0 Å². The second-order valence-electron chi connectivity index (χ2n) is 5.46. The maximum atomic E-state index is 10.3. The summed E-state index contributed by atoms with van der Waals surface area (Å²) in [4.78, 5) is 0. The lowest BCUT2D eigenvalue weighted by Gasteiger charge is -2.44. The van der Waals surface area contributed by atoms with Gasteiger partial charge >= 0.3 is 0 Å². The predicted octanol–water partition coefficient (Wildman–Crippen LogP) is 2.97. The van der Waals surface area contributed by atoms with Crippen molar-refractivity contribution in [2.24, 2.45) is 11.3 Å². The van der Waals surface area contributed by atoms with Gasteiger partial charge in [0.05, 0.1) is 5.60 Å². The fourth-order valence-corrected chi connectivity index (χ4v) is 1.99. The monoisotopic (exact) mass is 170 g/mol. The molecule has 0 heterocycles. The van der Waals surface area contributed by atoms with Crippen LogP contribution in [0.15, 0.2) is 0 Å². The number of hydrogen-bond donors (Lipinski definition) is 1. The van der Waals surface area contributed by atoms with Crippen LogP contribution in [0.1, 0.15) is 53.4 Å². The quantitative estimate of drug-likeness (QED) is 0.592. The number of hydrogen-bond acceptors (Lipinski definition) is 1. The molecule has 0 aliphatic heterocycles. The van der Waals surface area contributed by atoms with Crippen LogP contribution >= 0.6 is 0 Å². The van der Waals surface area contributed by atoms with Crippen molar-refractivity contribution in [3.8, 4) is 0 Å². The van der Waals surface area contributed by atoms with E-state index in [0.717, 1.165) is 18.8 Å². The van der Waals surface area contributed by atoms with Gasteiger partial charge in [0.1, 0.15) is 0 Å². The van der Waals surface area contributed by atoms with Crippen molar-refractivity contribution >= 4 is 0 Å². The largest absolute Gasteiger partial charge is 0.389 e. The van der Waals surface area contributed by atoms with Gasteiger partial charge in [0, 0.05) is 0 Å². The van der Waals surface area contributed by atoms with Gasteiger partial charge in [-0.05, 0) is 37.0 Å². The lowest BCUT2D eigenvalue weighted by Crippen LogP contribution is -2.45. The highest BCUT2D eigenvalue weighted by Crippen LogP contribution is 2.43. The molecule has 0 aromatic heterocycles. The van der Waals surface area contributed by atoms with E-state index in [1.54, 1.807) is 0 Å². The molecule has 0 bridgehead atoms. The minimum Gasteiger partial charge on any atom is -0.389 e. The third kappa shape index (κ3) is 1.82. The number of rotatable bonds is 0. The van der Waals surface area contributed by atoms with Crippen LogP contribution < -0.4 is 0 Å². The van der Waals surface area contributed by atoms with E-state index in [-0.39, 0.29) is 5.41 Å². The van der Waals surface area contributed by atoms with E-state index in [9.17, 15) is 5.11 Å². The first-order valence-corrected chi connectivity index (χ1v) is 5.07. The van der Waals surface area contributed by atoms with Crippen LogP contribution in [0.5, 0.6) is 0 Å². The van der Waals surface area contributed by atoms with E-state index >= 15 is 0 Å². The third-order valence-corrected chi connectivity index (χ3v) is 3.50. The molecule has 0 saturated heterocycles. The first kappa shape index (κ1) is 10.0. The molecule has 0 aromatic rings. The fourth-order valence-electron chi connectivity index (χ4n) is 1.99. The van der Waals surface area contributed by atoms with Gasteiger partial charge in [0.2, 0.25) is 0 Å². The maximum absolute atomic E-state index is 10.3. The lowest BCUT2D eigenvalue weighted by atomic mass is 9.66. The van der Waals surface area contributed by atoms with E-state index in [0.29, 0.717) is 0 Å². The van der Waals surface area contributed by atoms with E-state index in [1.165, 1.54) is 12.8 Å². The molecule has 0 atom stereocenters. The molecular weight excluding hydrogens is 148 g/mol. The van der Waals surface area contributed by atoms with Crippen molar-refractivity contribution < 1.29 is 5.11 Å². The van der Waals surface area contributed by atoms with Crippen LogP contribution in [-0.4, -0.2) is 10.7 Å². The molecule has 72 valence electrons. The third-order valence-electron chi connectivity index (χ3n) is 3.50. The molecule has 1 N–H and O–H groups in total. The lowest BCUT2D eigenvalue weighted by molar-refractivity contribution is -0.0916. The zero-order valence-electron chi connectivity index (χ0n) is 8.85. The molecular formula is C11H22O. The molecule has 1 heteroatoms. The average molecular weight is 170 g/mol. The highest BCUT2D eigenvalue weighted by molar-refractivity contribution is 4.93. The maximum Gasteiger partial charge on any atom is 0.0696 e. The minimum absolute atomic E-state index is 0.0488. The van der Waals surface area contributed by atoms with E-state index in [1.807, 2.05) is 0 Å². The van der Waals surface area contributed by atoms with Gasteiger partial charge < -0.3 is 5.11 Å². The molecule has 1 nitrogen and oxygen atoms in total. The Bertz CT molecular complexity index is 147. The Labute approximate surface area is 76.2 Å². The topological polar surface area (TPSA) is 20.2 Å². The van der Waals surface area contributed by atoms with Gasteiger partial charge in [-0.1, -0.05) is 27.7 Å².